The van der Waals surface area contributed by atoms with Gasteiger partial charge in [0, 0.05) is 28.5 Å². The van der Waals surface area contributed by atoms with Crippen molar-refractivity contribution in [2.24, 2.45) is 0 Å². The molecule has 0 unspecified atom stereocenters. The standard InChI is InChI=1S/C19H18N6OS2/c1-12-5-4-6-15(9-12)25-19(21-22-23-25)28-11-17(26)16-10-13(2)24(14(16)3)18-20-7-8-27-18/h4-10H,11H2,1-3H3. The second-order valence-corrected chi connectivity index (χ2v) is 8.17. The SMILES string of the molecule is Cc1cccc(-n2nnnc2SCC(=O)c2cc(C)n(-c3nccs3)c2C)c1. The van der Waals surface area contributed by atoms with Gasteiger partial charge in [-0.3, -0.25) is 9.36 Å². The van der Waals surface area contributed by atoms with Crippen LogP contribution in [0.5, 0.6) is 0 Å². The van der Waals surface area contributed by atoms with E-state index in [4.69, 9.17) is 0 Å². The molecule has 0 atom stereocenters. The van der Waals surface area contributed by atoms with E-state index in [0.29, 0.717) is 10.7 Å². The van der Waals surface area contributed by atoms with Crippen molar-refractivity contribution in [3.8, 4) is 10.8 Å². The molecule has 0 bridgehead atoms. The van der Waals surface area contributed by atoms with Crippen LogP contribution < -0.4 is 0 Å². The number of aromatic nitrogens is 6. The van der Waals surface area contributed by atoms with Gasteiger partial charge >= 0.3 is 0 Å². The van der Waals surface area contributed by atoms with Crippen molar-refractivity contribution in [3.63, 3.8) is 0 Å². The first-order valence-corrected chi connectivity index (χ1v) is 10.5. The van der Waals surface area contributed by atoms with E-state index in [9.17, 15) is 4.79 Å². The summed E-state index contributed by atoms with van der Waals surface area (Å²) in [6, 6.07) is 9.84. The van der Waals surface area contributed by atoms with Crippen LogP contribution in [0.1, 0.15) is 27.3 Å². The fourth-order valence-electron chi connectivity index (χ4n) is 3.06. The Bertz CT molecular complexity index is 1130. The maximum absolute atomic E-state index is 12.9. The number of aryl methyl sites for hydroxylation is 2. The van der Waals surface area contributed by atoms with Gasteiger partial charge in [-0.25, -0.2) is 4.98 Å². The average Bonchev–Trinajstić information content (AvgIpc) is 3.40. The number of thiazole rings is 1. The summed E-state index contributed by atoms with van der Waals surface area (Å²) in [6.07, 6.45) is 1.77. The lowest BCUT2D eigenvalue weighted by Crippen LogP contribution is -2.07. The molecular formula is C19H18N6OS2. The molecule has 0 aliphatic rings. The van der Waals surface area contributed by atoms with Crippen molar-refractivity contribution in [3.05, 3.63) is 64.4 Å². The predicted molar refractivity (Wildman–Crippen MR) is 110 cm³/mol. The molecule has 0 saturated carbocycles. The van der Waals surface area contributed by atoms with E-state index < -0.39 is 0 Å². The Morgan fingerprint density at radius 3 is 2.82 bits per heavy atom. The van der Waals surface area contributed by atoms with Crippen molar-refractivity contribution < 1.29 is 4.79 Å². The third-order valence-electron chi connectivity index (χ3n) is 4.36. The van der Waals surface area contributed by atoms with Gasteiger partial charge in [-0.2, -0.15) is 4.68 Å². The van der Waals surface area contributed by atoms with Crippen LogP contribution in [0.2, 0.25) is 0 Å². The van der Waals surface area contributed by atoms with E-state index in [-0.39, 0.29) is 11.5 Å². The van der Waals surface area contributed by atoms with E-state index >= 15 is 0 Å². The number of carbonyl (C=O) groups excluding carboxylic acids is 1. The van der Waals surface area contributed by atoms with Gasteiger partial charge in [-0.15, -0.1) is 16.4 Å². The van der Waals surface area contributed by atoms with Crippen LogP contribution in [-0.2, 0) is 0 Å². The summed E-state index contributed by atoms with van der Waals surface area (Å²) in [6.45, 7) is 5.95. The molecule has 0 fully saturated rings. The number of hydrogen-bond donors (Lipinski definition) is 0. The van der Waals surface area contributed by atoms with Crippen LogP contribution >= 0.6 is 23.1 Å². The zero-order valence-electron chi connectivity index (χ0n) is 15.7. The molecule has 3 heterocycles. The smallest absolute Gasteiger partial charge is 0.214 e. The van der Waals surface area contributed by atoms with Gasteiger partial charge in [0.25, 0.3) is 0 Å². The second-order valence-electron chi connectivity index (χ2n) is 6.36. The largest absolute Gasteiger partial charge is 0.294 e. The number of tetrazole rings is 1. The molecule has 142 valence electrons. The quantitative estimate of drug-likeness (QED) is 0.355. The summed E-state index contributed by atoms with van der Waals surface area (Å²) in [5.74, 6) is 0.300. The van der Waals surface area contributed by atoms with Gasteiger partial charge in [0.15, 0.2) is 10.9 Å². The van der Waals surface area contributed by atoms with E-state index in [2.05, 4.69) is 20.5 Å². The maximum Gasteiger partial charge on any atom is 0.214 e. The van der Waals surface area contributed by atoms with Crippen molar-refractivity contribution in [1.82, 2.24) is 29.8 Å². The van der Waals surface area contributed by atoms with Crippen LogP contribution in [-0.4, -0.2) is 41.3 Å². The normalized spacial score (nSPS) is 11.1. The summed E-state index contributed by atoms with van der Waals surface area (Å²) >= 11 is 2.88. The average molecular weight is 411 g/mol. The minimum absolute atomic E-state index is 0.0414. The van der Waals surface area contributed by atoms with Crippen molar-refractivity contribution >= 4 is 28.9 Å². The molecular weight excluding hydrogens is 392 g/mol. The van der Waals surface area contributed by atoms with Gasteiger partial charge in [-0.05, 0) is 55.0 Å². The zero-order valence-corrected chi connectivity index (χ0v) is 17.3. The first-order valence-electron chi connectivity index (χ1n) is 8.65. The molecule has 28 heavy (non-hydrogen) atoms. The third-order valence-corrected chi connectivity index (χ3v) is 6.04. The monoisotopic (exact) mass is 410 g/mol. The molecule has 0 saturated heterocycles. The highest BCUT2D eigenvalue weighted by molar-refractivity contribution is 7.99. The number of Topliss-reactive ketones (excluding diaryl/α,β-unsaturated/α-hetero) is 1. The highest BCUT2D eigenvalue weighted by atomic mass is 32.2. The zero-order chi connectivity index (χ0) is 19.7. The second kappa shape index (κ2) is 7.69. The van der Waals surface area contributed by atoms with Crippen LogP contribution in [0, 0.1) is 20.8 Å². The molecule has 0 amide bonds. The molecule has 4 rings (SSSR count). The van der Waals surface area contributed by atoms with E-state index in [1.54, 1.807) is 22.2 Å². The van der Waals surface area contributed by atoms with E-state index in [1.807, 2.05) is 61.1 Å². The first-order chi connectivity index (χ1) is 13.5. The minimum atomic E-state index is 0.0414. The first kappa shape index (κ1) is 18.6. The van der Waals surface area contributed by atoms with Gasteiger partial charge in [0.05, 0.1) is 11.4 Å². The topological polar surface area (TPSA) is 78.5 Å². The van der Waals surface area contributed by atoms with Gasteiger partial charge in [0.2, 0.25) is 5.16 Å². The number of nitrogens with zero attached hydrogens (tertiary/aromatic N) is 6. The van der Waals surface area contributed by atoms with Crippen molar-refractivity contribution in [2.75, 3.05) is 5.75 Å². The third kappa shape index (κ3) is 3.50. The Hall–Kier alpha value is -2.78. The molecule has 0 radical (unpaired) electrons. The Kier molecular flexibility index (Phi) is 5.10. The molecule has 0 spiro atoms. The number of thioether (sulfide) groups is 1. The van der Waals surface area contributed by atoms with Gasteiger partial charge < -0.3 is 0 Å². The Balaban J connectivity index is 1.54. The summed E-state index contributed by atoms with van der Waals surface area (Å²) < 4.78 is 3.67. The van der Waals surface area contributed by atoms with Gasteiger partial charge in [0.1, 0.15) is 0 Å². The van der Waals surface area contributed by atoms with Crippen LogP contribution in [0.15, 0.2) is 47.1 Å². The molecule has 3 aromatic heterocycles. The predicted octanol–water partition coefficient (Wildman–Crippen LogP) is 3.81. The Labute approximate surface area is 170 Å². The van der Waals surface area contributed by atoms with Crippen LogP contribution in [0.4, 0.5) is 0 Å². The lowest BCUT2D eigenvalue weighted by Gasteiger charge is -2.06. The maximum atomic E-state index is 12.9. The minimum Gasteiger partial charge on any atom is -0.294 e. The van der Waals surface area contributed by atoms with Gasteiger partial charge in [-0.1, -0.05) is 23.9 Å². The lowest BCUT2D eigenvalue weighted by atomic mass is 10.2. The number of rotatable bonds is 6. The molecule has 9 heteroatoms. The number of carbonyl (C=O) groups is 1. The Morgan fingerprint density at radius 2 is 2.07 bits per heavy atom. The molecule has 7 nitrogen and oxygen atoms in total. The molecule has 1 aromatic carbocycles. The molecule has 0 aliphatic carbocycles. The lowest BCUT2D eigenvalue weighted by molar-refractivity contribution is 0.102. The van der Waals surface area contributed by atoms with Crippen molar-refractivity contribution in [2.45, 2.75) is 25.9 Å². The van der Waals surface area contributed by atoms with Crippen LogP contribution in [0.25, 0.3) is 10.8 Å². The highest BCUT2D eigenvalue weighted by Gasteiger charge is 2.19. The van der Waals surface area contributed by atoms with Crippen molar-refractivity contribution in [1.29, 1.82) is 0 Å². The Morgan fingerprint density at radius 1 is 1.21 bits per heavy atom. The van der Waals surface area contributed by atoms with E-state index in [1.165, 1.54) is 11.8 Å². The number of benzene rings is 1. The number of ketones is 1. The summed E-state index contributed by atoms with van der Waals surface area (Å²) in [5.41, 5.74) is 4.59. The fraction of sp³-hybridized carbons (Fsp3) is 0.211. The summed E-state index contributed by atoms with van der Waals surface area (Å²) in [5, 5.41) is 15.3. The highest BCUT2D eigenvalue weighted by Crippen LogP contribution is 2.25. The summed E-state index contributed by atoms with van der Waals surface area (Å²) in [7, 11) is 0. The fourth-order valence-corrected chi connectivity index (χ4v) is 4.59. The van der Waals surface area contributed by atoms with E-state index in [0.717, 1.165) is 27.8 Å². The molecule has 0 aliphatic heterocycles. The van der Waals surface area contributed by atoms with Crippen LogP contribution in [0.3, 0.4) is 0 Å². The summed E-state index contributed by atoms with van der Waals surface area (Å²) in [4.78, 5) is 17.2. The molecule has 0 N–H and O–H groups in total. The number of hydrogen-bond acceptors (Lipinski definition) is 7. The molecule has 4 aromatic rings.